The van der Waals surface area contributed by atoms with Crippen molar-refractivity contribution < 1.29 is 9.13 Å². The van der Waals surface area contributed by atoms with Gasteiger partial charge in [-0.1, -0.05) is 12.1 Å². The number of ether oxygens (including phenoxy) is 1. The van der Waals surface area contributed by atoms with E-state index in [-0.39, 0.29) is 18.0 Å². The van der Waals surface area contributed by atoms with Gasteiger partial charge in [-0.25, -0.2) is 14.4 Å². The number of aryl methyl sites for hydroxylation is 1. The van der Waals surface area contributed by atoms with Gasteiger partial charge in [-0.3, -0.25) is 0 Å². The van der Waals surface area contributed by atoms with E-state index in [1.165, 1.54) is 6.07 Å². The molecule has 7 heteroatoms. The van der Waals surface area contributed by atoms with Crippen molar-refractivity contribution in [2.75, 3.05) is 30.4 Å². The Kier molecular flexibility index (Phi) is 5.45. The lowest BCUT2D eigenvalue weighted by molar-refractivity contribution is 0.118. The van der Waals surface area contributed by atoms with E-state index in [1.54, 1.807) is 26.4 Å². The highest BCUT2D eigenvalue weighted by Crippen LogP contribution is 2.26. The summed E-state index contributed by atoms with van der Waals surface area (Å²) in [6.07, 6.45) is 2.61. The van der Waals surface area contributed by atoms with Crippen LogP contribution in [0.25, 0.3) is 0 Å². The smallest absolute Gasteiger partial charge is 0.134 e. The Bertz CT molecular complexity index is 726. The number of rotatable bonds is 6. The number of aromatic nitrogens is 2. The Morgan fingerprint density at radius 1 is 1.36 bits per heavy atom. The number of nitrogens with zero attached hydrogens (tertiary/aromatic N) is 3. The highest BCUT2D eigenvalue weighted by atomic mass is 19.1. The van der Waals surface area contributed by atoms with Crippen molar-refractivity contribution >= 4 is 11.6 Å². The normalized spacial score (nSPS) is 20.1. The second-order valence-electron chi connectivity index (χ2n) is 6.33. The molecular formula is C18H24FN5O. The van der Waals surface area contributed by atoms with Crippen molar-refractivity contribution in [3.8, 4) is 0 Å². The Balaban J connectivity index is 1.70. The molecule has 3 N–H and O–H groups in total. The van der Waals surface area contributed by atoms with Crippen LogP contribution < -0.4 is 16.0 Å². The van der Waals surface area contributed by atoms with Crippen molar-refractivity contribution in [2.24, 2.45) is 5.73 Å². The first-order valence-electron chi connectivity index (χ1n) is 8.41. The van der Waals surface area contributed by atoms with Gasteiger partial charge in [0, 0.05) is 38.9 Å². The van der Waals surface area contributed by atoms with E-state index in [0.29, 0.717) is 18.7 Å². The SMILES string of the molecule is CO[C@H]1C[C@@H](CN)N(c2cc(NCc3ccc(F)c(C)c3)ncn2)C1. The summed E-state index contributed by atoms with van der Waals surface area (Å²) in [5, 5.41) is 3.27. The molecule has 1 aliphatic rings. The van der Waals surface area contributed by atoms with Gasteiger partial charge in [0.1, 0.15) is 23.8 Å². The second kappa shape index (κ2) is 7.76. The maximum Gasteiger partial charge on any atom is 0.134 e. The Labute approximate surface area is 147 Å². The average Bonchev–Trinajstić information content (AvgIpc) is 3.06. The summed E-state index contributed by atoms with van der Waals surface area (Å²) in [7, 11) is 1.72. The second-order valence-corrected chi connectivity index (χ2v) is 6.33. The third-order valence-electron chi connectivity index (χ3n) is 4.62. The number of halogens is 1. The molecule has 25 heavy (non-hydrogen) atoms. The van der Waals surface area contributed by atoms with E-state index in [0.717, 1.165) is 30.2 Å². The Hall–Kier alpha value is -2.25. The van der Waals surface area contributed by atoms with E-state index in [9.17, 15) is 4.39 Å². The zero-order valence-electron chi connectivity index (χ0n) is 14.6. The summed E-state index contributed by atoms with van der Waals surface area (Å²) < 4.78 is 18.8. The summed E-state index contributed by atoms with van der Waals surface area (Å²) in [5.41, 5.74) is 7.53. The third-order valence-corrected chi connectivity index (χ3v) is 4.62. The minimum absolute atomic E-state index is 0.169. The fourth-order valence-corrected chi connectivity index (χ4v) is 3.16. The monoisotopic (exact) mass is 345 g/mol. The predicted octanol–water partition coefficient (Wildman–Crippen LogP) is 2.09. The molecule has 134 valence electrons. The molecule has 0 aliphatic carbocycles. The summed E-state index contributed by atoms with van der Waals surface area (Å²) in [6, 6.07) is 7.22. The molecular weight excluding hydrogens is 321 g/mol. The van der Waals surface area contributed by atoms with E-state index < -0.39 is 0 Å². The molecule has 2 atom stereocenters. The molecule has 0 radical (unpaired) electrons. The van der Waals surface area contributed by atoms with Crippen LogP contribution in [0.5, 0.6) is 0 Å². The maximum atomic E-state index is 13.4. The van der Waals surface area contributed by atoms with Crippen molar-refractivity contribution in [1.82, 2.24) is 9.97 Å². The molecule has 0 saturated carbocycles. The minimum Gasteiger partial charge on any atom is -0.380 e. The van der Waals surface area contributed by atoms with Crippen molar-refractivity contribution in [3.05, 3.63) is 47.5 Å². The molecule has 0 bridgehead atoms. The number of benzene rings is 1. The molecule has 1 fully saturated rings. The van der Waals surface area contributed by atoms with Crippen molar-refractivity contribution in [3.63, 3.8) is 0 Å². The minimum atomic E-state index is -0.192. The summed E-state index contributed by atoms with van der Waals surface area (Å²) in [6.45, 7) is 3.65. The van der Waals surface area contributed by atoms with Gasteiger partial charge in [0.05, 0.1) is 6.10 Å². The van der Waals surface area contributed by atoms with Crippen LogP contribution >= 0.6 is 0 Å². The molecule has 6 nitrogen and oxygen atoms in total. The van der Waals surface area contributed by atoms with E-state index in [4.69, 9.17) is 10.5 Å². The van der Waals surface area contributed by atoms with Crippen LogP contribution in [0, 0.1) is 12.7 Å². The first-order chi connectivity index (χ1) is 12.1. The molecule has 2 heterocycles. The number of hydrogen-bond acceptors (Lipinski definition) is 6. The fraction of sp³-hybridized carbons (Fsp3) is 0.444. The predicted molar refractivity (Wildman–Crippen MR) is 96.1 cm³/mol. The van der Waals surface area contributed by atoms with E-state index >= 15 is 0 Å². The highest BCUT2D eigenvalue weighted by molar-refractivity contribution is 5.50. The zero-order valence-corrected chi connectivity index (χ0v) is 14.6. The van der Waals surface area contributed by atoms with Gasteiger partial charge >= 0.3 is 0 Å². The van der Waals surface area contributed by atoms with Gasteiger partial charge in [0.2, 0.25) is 0 Å². The topological polar surface area (TPSA) is 76.3 Å². The molecule has 0 unspecified atom stereocenters. The first kappa shape index (κ1) is 17.6. The molecule has 3 rings (SSSR count). The molecule has 0 spiro atoms. The van der Waals surface area contributed by atoms with Gasteiger partial charge in [0.25, 0.3) is 0 Å². The maximum absolute atomic E-state index is 13.4. The number of nitrogens with two attached hydrogens (primary N) is 1. The van der Waals surface area contributed by atoms with Crippen LogP contribution in [-0.2, 0) is 11.3 Å². The molecule has 0 amide bonds. The van der Waals surface area contributed by atoms with Gasteiger partial charge < -0.3 is 20.7 Å². The standard InChI is InChI=1S/C18H24FN5O/c1-12-5-13(3-4-16(12)19)9-21-17-7-18(23-11-22-17)24-10-15(25-2)6-14(24)8-20/h3-5,7,11,14-15H,6,8-10,20H2,1-2H3,(H,21,22,23)/t14-,15-/m0/s1. The fourth-order valence-electron chi connectivity index (χ4n) is 3.16. The van der Waals surface area contributed by atoms with Crippen LogP contribution in [0.15, 0.2) is 30.6 Å². The van der Waals surface area contributed by atoms with Crippen LogP contribution in [0.1, 0.15) is 17.5 Å². The van der Waals surface area contributed by atoms with Gasteiger partial charge in [-0.05, 0) is 30.5 Å². The highest BCUT2D eigenvalue weighted by Gasteiger charge is 2.32. The summed E-state index contributed by atoms with van der Waals surface area (Å²) >= 11 is 0. The lowest BCUT2D eigenvalue weighted by atomic mass is 10.1. The lowest BCUT2D eigenvalue weighted by Gasteiger charge is -2.24. The number of methoxy groups -OCH3 is 1. The molecule has 1 saturated heterocycles. The quantitative estimate of drug-likeness (QED) is 0.835. The third kappa shape index (κ3) is 4.05. The molecule has 1 aromatic carbocycles. The van der Waals surface area contributed by atoms with Crippen LogP contribution in [0.3, 0.4) is 0 Å². The molecule has 1 aliphatic heterocycles. The largest absolute Gasteiger partial charge is 0.380 e. The van der Waals surface area contributed by atoms with Gasteiger partial charge in [-0.2, -0.15) is 0 Å². The summed E-state index contributed by atoms with van der Waals surface area (Å²) in [5.74, 6) is 1.37. The Morgan fingerprint density at radius 3 is 2.92 bits per heavy atom. The zero-order chi connectivity index (χ0) is 17.8. The lowest BCUT2D eigenvalue weighted by Crippen LogP contribution is -2.36. The van der Waals surface area contributed by atoms with Crippen molar-refractivity contribution in [1.29, 1.82) is 0 Å². The first-order valence-corrected chi connectivity index (χ1v) is 8.41. The van der Waals surface area contributed by atoms with Gasteiger partial charge in [0.15, 0.2) is 0 Å². The average molecular weight is 345 g/mol. The van der Waals surface area contributed by atoms with E-state index in [1.807, 2.05) is 12.1 Å². The van der Waals surface area contributed by atoms with Crippen LogP contribution in [-0.4, -0.2) is 42.3 Å². The molecule has 2 aromatic rings. The van der Waals surface area contributed by atoms with Gasteiger partial charge in [-0.15, -0.1) is 0 Å². The summed E-state index contributed by atoms with van der Waals surface area (Å²) in [4.78, 5) is 10.8. The van der Waals surface area contributed by atoms with E-state index in [2.05, 4.69) is 20.2 Å². The van der Waals surface area contributed by atoms with Crippen molar-refractivity contribution in [2.45, 2.75) is 32.0 Å². The molecule has 1 aromatic heterocycles. The number of hydrogen-bond donors (Lipinski definition) is 2. The number of nitrogens with one attached hydrogen (secondary N) is 1. The van der Waals surface area contributed by atoms with Crippen LogP contribution in [0.4, 0.5) is 16.0 Å². The number of anilines is 2. The van der Waals surface area contributed by atoms with Crippen LogP contribution in [0.2, 0.25) is 0 Å². The Morgan fingerprint density at radius 2 is 2.20 bits per heavy atom.